The van der Waals surface area contributed by atoms with Gasteiger partial charge in [0.15, 0.2) is 6.61 Å². The molecule has 0 aromatic heterocycles. The second kappa shape index (κ2) is 10.0. The number of hydrogen-bond acceptors (Lipinski definition) is 4. The van der Waals surface area contributed by atoms with Crippen LogP contribution in [0.5, 0.6) is 5.75 Å². The molecule has 0 bridgehead atoms. The van der Waals surface area contributed by atoms with E-state index in [2.05, 4.69) is 11.9 Å². The third-order valence-electron chi connectivity index (χ3n) is 4.51. The molecule has 152 valence electrons. The van der Waals surface area contributed by atoms with Gasteiger partial charge in [0.2, 0.25) is 0 Å². The predicted molar refractivity (Wildman–Crippen MR) is 117 cm³/mol. The number of para-hydroxylation sites is 1. The SMILES string of the molecule is C=CCc1cc([N+](=O)[O-])ccc1OCC(=O)Nc1ccccc1Cc1ccccc1. The van der Waals surface area contributed by atoms with Crippen molar-refractivity contribution in [2.45, 2.75) is 12.8 Å². The molecule has 0 atom stereocenters. The summed E-state index contributed by atoms with van der Waals surface area (Å²) in [6.07, 6.45) is 2.73. The maximum absolute atomic E-state index is 12.5. The van der Waals surface area contributed by atoms with Gasteiger partial charge in [0, 0.05) is 23.4 Å². The average Bonchev–Trinajstić information content (AvgIpc) is 2.75. The largest absolute Gasteiger partial charge is 0.483 e. The number of benzene rings is 3. The number of hydrogen-bond donors (Lipinski definition) is 1. The second-order valence-electron chi connectivity index (χ2n) is 6.70. The molecule has 3 rings (SSSR count). The molecule has 0 aliphatic carbocycles. The Hall–Kier alpha value is -3.93. The number of carbonyl (C=O) groups is 1. The van der Waals surface area contributed by atoms with Crippen molar-refractivity contribution >= 4 is 17.3 Å². The van der Waals surface area contributed by atoms with Crippen molar-refractivity contribution in [2.24, 2.45) is 0 Å². The molecule has 0 saturated heterocycles. The summed E-state index contributed by atoms with van der Waals surface area (Å²) in [6.45, 7) is 3.46. The van der Waals surface area contributed by atoms with E-state index in [4.69, 9.17) is 4.74 Å². The zero-order valence-corrected chi connectivity index (χ0v) is 16.4. The summed E-state index contributed by atoms with van der Waals surface area (Å²) < 4.78 is 5.63. The van der Waals surface area contributed by atoms with E-state index in [0.29, 0.717) is 24.2 Å². The fourth-order valence-corrected chi connectivity index (χ4v) is 3.08. The minimum atomic E-state index is -0.466. The number of nitro benzene ring substituents is 1. The molecule has 0 heterocycles. The molecular weight excluding hydrogens is 380 g/mol. The van der Waals surface area contributed by atoms with Crippen LogP contribution in [-0.2, 0) is 17.6 Å². The maximum Gasteiger partial charge on any atom is 0.269 e. The van der Waals surface area contributed by atoms with Crippen LogP contribution in [0.25, 0.3) is 0 Å². The molecule has 0 aliphatic heterocycles. The number of nitrogens with one attached hydrogen (secondary N) is 1. The Morgan fingerprint density at radius 3 is 2.50 bits per heavy atom. The molecule has 3 aromatic carbocycles. The van der Waals surface area contributed by atoms with Gasteiger partial charge in [-0.3, -0.25) is 14.9 Å². The molecular formula is C24H22N2O4. The molecule has 1 N–H and O–H groups in total. The van der Waals surface area contributed by atoms with Gasteiger partial charge in [0.25, 0.3) is 11.6 Å². The highest BCUT2D eigenvalue weighted by atomic mass is 16.6. The first-order valence-electron chi connectivity index (χ1n) is 9.49. The molecule has 6 nitrogen and oxygen atoms in total. The Kier molecular flexibility index (Phi) is 6.95. The van der Waals surface area contributed by atoms with Crippen LogP contribution >= 0.6 is 0 Å². The fraction of sp³-hybridized carbons (Fsp3) is 0.125. The Bertz CT molecular complexity index is 1050. The molecule has 0 unspecified atom stereocenters. The Morgan fingerprint density at radius 2 is 1.77 bits per heavy atom. The van der Waals surface area contributed by atoms with Gasteiger partial charge in [0.1, 0.15) is 5.75 Å². The van der Waals surface area contributed by atoms with Crippen LogP contribution in [0.4, 0.5) is 11.4 Å². The van der Waals surface area contributed by atoms with E-state index in [1.807, 2.05) is 54.6 Å². The van der Waals surface area contributed by atoms with Crippen LogP contribution in [0.1, 0.15) is 16.7 Å². The topological polar surface area (TPSA) is 81.5 Å². The Balaban J connectivity index is 1.67. The highest BCUT2D eigenvalue weighted by Gasteiger charge is 2.13. The third-order valence-corrected chi connectivity index (χ3v) is 4.51. The summed E-state index contributed by atoms with van der Waals surface area (Å²) in [5, 5.41) is 13.9. The zero-order valence-electron chi connectivity index (χ0n) is 16.4. The van der Waals surface area contributed by atoms with Crippen LogP contribution in [-0.4, -0.2) is 17.4 Å². The lowest BCUT2D eigenvalue weighted by atomic mass is 10.0. The normalized spacial score (nSPS) is 10.3. The molecule has 6 heteroatoms. The standard InChI is InChI=1S/C24H22N2O4/c1-2-8-20-16-21(26(28)29)13-14-23(20)30-17-24(27)25-22-12-7-6-11-19(22)15-18-9-4-3-5-10-18/h2-7,9-14,16H,1,8,15,17H2,(H,25,27). The van der Waals surface area contributed by atoms with Gasteiger partial charge in [-0.15, -0.1) is 6.58 Å². The Morgan fingerprint density at radius 1 is 1.03 bits per heavy atom. The lowest BCUT2D eigenvalue weighted by molar-refractivity contribution is -0.384. The van der Waals surface area contributed by atoms with Crippen LogP contribution < -0.4 is 10.1 Å². The number of nitrogens with zero attached hydrogens (tertiary/aromatic N) is 1. The number of non-ortho nitro benzene ring substituents is 1. The lowest BCUT2D eigenvalue weighted by Gasteiger charge is -2.13. The number of ether oxygens (including phenoxy) is 1. The molecule has 0 fully saturated rings. The molecule has 30 heavy (non-hydrogen) atoms. The van der Waals surface area contributed by atoms with E-state index in [1.165, 1.54) is 18.2 Å². The smallest absolute Gasteiger partial charge is 0.269 e. The number of nitro groups is 1. The van der Waals surface area contributed by atoms with Crippen molar-refractivity contribution in [1.82, 2.24) is 0 Å². The van der Waals surface area contributed by atoms with Gasteiger partial charge in [-0.1, -0.05) is 54.6 Å². The van der Waals surface area contributed by atoms with Crippen LogP contribution in [0.15, 0.2) is 85.5 Å². The van der Waals surface area contributed by atoms with Crippen LogP contribution in [0, 0.1) is 10.1 Å². The van der Waals surface area contributed by atoms with Crippen LogP contribution in [0.3, 0.4) is 0 Å². The van der Waals surface area contributed by atoms with Gasteiger partial charge in [0.05, 0.1) is 4.92 Å². The van der Waals surface area contributed by atoms with Gasteiger partial charge in [-0.25, -0.2) is 0 Å². The van der Waals surface area contributed by atoms with Gasteiger partial charge in [-0.05, 0) is 36.1 Å². The minimum Gasteiger partial charge on any atom is -0.483 e. The predicted octanol–water partition coefficient (Wildman–Crippen LogP) is 4.93. The van der Waals surface area contributed by atoms with Crippen molar-refractivity contribution in [1.29, 1.82) is 0 Å². The summed E-state index contributed by atoms with van der Waals surface area (Å²) in [5.41, 5.74) is 3.45. The minimum absolute atomic E-state index is 0.0292. The number of amides is 1. The maximum atomic E-state index is 12.5. The number of rotatable bonds is 9. The van der Waals surface area contributed by atoms with E-state index in [-0.39, 0.29) is 18.2 Å². The molecule has 1 amide bonds. The quantitative estimate of drug-likeness (QED) is 0.312. The number of allylic oxidation sites excluding steroid dienone is 1. The van der Waals surface area contributed by atoms with E-state index >= 15 is 0 Å². The molecule has 0 aliphatic rings. The highest BCUT2D eigenvalue weighted by molar-refractivity contribution is 5.92. The van der Waals surface area contributed by atoms with Gasteiger partial charge < -0.3 is 10.1 Å². The molecule has 3 aromatic rings. The highest BCUT2D eigenvalue weighted by Crippen LogP contribution is 2.25. The number of carbonyl (C=O) groups excluding carboxylic acids is 1. The monoisotopic (exact) mass is 402 g/mol. The van der Waals surface area contributed by atoms with Gasteiger partial charge in [-0.2, -0.15) is 0 Å². The lowest BCUT2D eigenvalue weighted by Crippen LogP contribution is -2.21. The fourth-order valence-electron chi connectivity index (χ4n) is 3.08. The first-order chi connectivity index (χ1) is 14.6. The first-order valence-corrected chi connectivity index (χ1v) is 9.49. The summed E-state index contributed by atoms with van der Waals surface area (Å²) in [4.78, 5) is 23.0. The van der Waals surface area contributed by atoms with Crippen molar-refractivity contribution in [2.75, 3.05) is 11.9 Å². The number of anilines is 1. The van der Waals surface area contributed by atoms with Crippen molar-refractivity contribution in [3.05, 3.63) is 112 Å². The summed E-state index contributed by atoms with van der Waals surface area (Å²) in [5.74, 6) is 0.117. The van der Waals surface area contributed by atoms with Crippen molar-refractivity contribution in [3.63, 3.8) is 0 Å². The van der Waals surface area contributed by atoms with Crippen molar-refractivity contribution in [3.8, 4) is 5.75 Å². The molecule has 0 saturated carbocycles. The average molecular weight is 402 g/mol. The third kappa shape index (κ3) is 5.54. The summed E-state index contributed by atoms with van der Waals surface area (Å²) in [7, 11) is 0. The van der Waals surface area contributed by atoms with E-state index in [0.717, 1.165) is 16.8 Å². The van der Waals surface area contributed by atoms with E-state index in [1.54, 1.807) is 6.08 Å². The summed E-state index contributed by atoms with van der Waals surface area (Å²) >= 11 is 0. The van der Waals surface area contributed by atoms with Crippen molar-refractivity contribution < 1.29 is 14.5 Å². The van der Waals surface area contributed by atoms with Crippen LogP contribution in [0.2, 0.25) is 0 Å². The molecule has 0 spiro atoms. The molecule has 0 radical (unpaired) electrons. The summed E-state index contributed by atoms with van der Waals surface area (Å²) in [6, 6.07) is 21.9. The van der Waals surface area contributed by atoms with E-state index < -0.39 is 4.92 Å². The second-order valence-corrected chi connectivity index (χ2v) is 6.70. The Labute approximate surface area is 175 Å². The zero-order chi connectivity index (χ0) is 21.3. The first kappa shape index (κ1) is 20.8. The van der Waals surface area contributed by atoms with Gasteiger partial charge >= 0.3 is 0 Å². The van der Waals surface area contributed by atoms with E-state index in [9.17, 15) is 14.9 Å².